The summed E-state index contributed by atoms with van der Waals surface area (Å²) in [7, 11) is 1.36. The van der Waals surface area contributed by atoms with Crippen LogP contribution in [0, 0.1) is 5.92 Å². The van der Waals surface area contributed by atoms with E-state index in [-0.39, 0.29) is 5.97 Å². The van der Waals surface area contributed by atoms with Gasteiger partial charge in [0.05, 0.1) is 7.11 Å². The number of hydrogen-bond donors (Lipinski definition) is 0. The van der Waals surface area contributed by atoms with Crippen molar-refractivity contribution in [2.45, 2.75) is 20.3 Å². The average molecular weight is 275 g/mol. The van der Waals surface area contributed by atoms with E-state index in [1.54, 1.807) is 5.38 Å². The van der Waals surface area contributed by atoms with Crippen molar-refractivity contribution < 1.29 is 9.53 Å². The van der Waals surface area contributed by atoms with Crippen LogP contribution in [0.2, 0.25) is 0 Å². The molecule has 1 aromatic heterocycles. The lowest BCUT2D eigenvalue weighted by molar-refractivity contribution is 0.0595. The molecule has 0 saturated heterocycles. The minimum absolute atomic E-state index is 0.369. The van der Waals surface area contributed by atoms with Gasteiger partial charge < -0.3 is 4.74 Å². The summed E-state index contributed by atoms with van der Waals surface area (Å²) in [6, 6.07) is 8.35. The Bertz CT molecular complexity index is 558. The SMILES string of the molecule is COC(=O)c1csc(-c2ccc(CC(C)C)cc2)n1. The molecule has 2 rings (SSSR count). The summed E-state index contributed by atoms with van der Waals surface area (Å²) in [6.07, 6.45) is 1.07. The Morgan fingerprint density at radius 3 is 2.58 bits per heavy atom. The van der Waals surface area contributed by atoms with E-state index in [2.05, 4.69) is 47.8 Å². The summed E-state index contributed by atoms with van der Waals surface area (Å²) < 4.78 is 4.65. The molecule has 0 bridgehead atoms. The third-order valence-corrected chi connectivity index (χ3v) is 3.63. The molecule has 2 aromatic rings. The van der Waals surface area contributed by atoms with E-state index in [1.165, 1.54) is 24.0 Å². The third-order valence-electron chi connectivity index (χ3n) is 2.74. The van der Waals surface area contributed by atoms with Crippen LogP contribution in [0.1, 0.15) is 29.9 Å². The summed E-state index contributed by atoms with van der Waals surface area (Å²) in [5.41, 5.74) is 2.73. The molecule has 1 aromatic carbocycles. The van der Waals surface area contributed by atoms with E-state index < -0.39 is 0 Å². The zero-order valence-electron chi connectivity index (χ0n) is 11.3. The van der Waals surface area contributed by atoms with Gasteiger partial charge in [-0.15, -0.1) is 11.3 Å². The monoisotopic (exact) mass is 275 g/mol. The van der Waals surface area contributed by atoms with Crippen molar-refractivity contribution in [2.24, 2.45) is 5.92 Å². The van der Waals surface area contributed by atoms with E-state index in [9.17, 15) is 4.79 Å². The molecule has 0 radical (unpaired) electrons. The Kier molecular flexibility index (Phi) is 4.32. The van der Waals surface area contributed by atoms with Gasteiger partial charge in [-0.3, -0.25) is 0 Å². The quantitative estimate of drug-likeness (QED) is 0.797. The number of carbonyl (C=O) groups excluding carboxylic acids is 1. The summed E-state index contributed by atoms with van der Waals surface area (Å²) >= 11 is 1.45. The molecule has 0 N–H and O–H groups in total. The van der Waals surface area contributed by atoms with Gasteiger partial charge in [0, 0.05) is 10.9 Å². The van der Waals surface area contributed by atoms with Crippen LogP contribution in [0.4, 0.5) is 0 Å². The van der Waals surface area contributed by atoms with Crippen molar-refractivity contribution in [1.29, 1.82) is 0 Å². The lowest BCUT2D eigenvalue weighted by Crippen LogP contribution is -2.00. The molecule has 0 saturated carbocycles. The maximum Gasteiger partial charge on any atom is 0.357 e. The van der Waals surface area contributed by atoms with Gasteiger partial charge in [-0.2, -0.15) is 0 Å². The summed E-state index contributed by atoms with van der Waals surface area (Å²) in [5.74, 6) is 0.260. The van der Waals surface area contributed by atoms with Crippen molar-refractivity contribution in [1.82, 2.24) is 4.98 Å². The van der Waals surface area contributed by atoms with Crippen LogP contribution in [0.25, 0.3) is 10.6 Å². The second kappa shape index (κ2) is 5.97. The van der Waals surface area contributed by atoms with Crippen LogP contribution in [0.15, 0.2) is 29.6 Å². The standard InChI is InChI=1S/C15H17NO2S/c1-10(2)8-11-4-6-12(7-5-11)14-16-13(9-19-14)15(17)18-3/h4-7,9-10H,8H2,1-3H3. The van der Waals surface area contributed by atoms with Crippen LogP contribution >= 0.6 is 11.3 Å². The van der Waals surface area contributed by atoms with Crippen molar-refractivity contribution in [2.75, 3.05) is 7.11 Å². The van der Waals surface area contributed by atoms with E-state index >= 15 is 0 Å². The zero-order valence-corrected chi connectivity index (χ0v) is 12.2. The number of nitrogens with zero attached hydrogens (tertiary/aromatic N) is 1. The minimum Gasteiger partial charge on any atom is -0.464 e. The molecule has 0 amide bonds. The van der Waals surface area contributed by atoms with Gasteiger partial charge in [-0.1, -0.05) is 38.1 Å². The predicted molar refractivity (Wildman–Crippen MR) is 77.4 cm³/mol. The topological polar surface area (TPSA) is 39.2 Å². The number of ether oxygens (including phenoxy) is 1. The Labute approximate surface area is 117 Å². The number of methoxy groups -OCH3 is 1. The fourth-order valence-corrected chi connectivity index (χ4v) is 2.65. The number of carbonyl (C=O) groups is 1. The normalized spacial score (nSPS) is 10.7. The lowest BCUT2D eigenvalue weighted by Gasteiger charge is -2.05. The molecule has 3 nitrogen and oxygen atoms in total. The van der Waals surface area contributed by atoms with Gasteiger partial charge in [0.1, 0.15) is 5.01 Å². The minimum atomic E-state index is -0.390. The molecule has 0 fully saturated rings. The predicted octanol–water partition coefficient (Wildman–Crippen LogP) is 3.80. The first kappa shape index (κ1) is 13.7. The van der Waals surface area contributed by atoms with Crippen LogP contribution in [0.3, 0.4) is 0 Å². The van der Waals surface area contributed by atoms with Crippen molar-refractivity contribution in [3.05, 3.63) is 40.9 Å². The van der Waals surface area contributed by atoms with E-state index in [4.69, 9.17) is 0 Å². The second-order valence-electron chi connectivity index (χ2n) is 4.82. The highest BCUT2D eigenvalue weighted by atomic mass is 32.1. The highest BCUT2D eigenvalue weighted by molar-refractivity contribution is 7.13. The number of esters is 1. The highest BCUT2D eigenvalue weighted by Crippen LogP contribution is 2.24. The molecule has 19 heavy (non-hydrogen) atoms. The molecule has 100 valence electrons. The van der Waals surface area contributed by atoms with Crippen LogP contribution in [-0.2, 0) is 11.2 Å². The van der Waals surface area contributed by atoms with E-state index in [0.717, 1.165) is 17.0 Å². The fraction of sp³-hybridized carbons (Fsp3) is 0.333. The maximum absolute atomic E-state index is 11.4. The molecule has 0 aliphatic rings. The first-order valence-electron chi connectivity index (χ1n) is 6.23. The van der Waals surface area contributed by atoms with Gasteiger partial charge in [0.15, 0.2) is 5.69 Å². The molecule has 0 aliphatic carbocycles. The van der Waals surface area contributed by atoms with E-state index in [0.29, 0.717) is 11.6 Å². The summed E-state index contributed by atoms with van der Waals surface area (Å²) in [4.78, 5) is 15.6. The molecule has 1 heterocycles. The third kappa shape index (κ3) is 3.41. The fourth-order valence-electron chi connectivity index (χ4n) is 1.86. The summed E-state index contributed by atoms with van der Waals surface area (Å²) in [5, 5.41) is 2.57. The summed E-state index contributed by atoms with van der Waals surface area (Å²) in [6.45, 7) is 4.41. The molecular weight excluding hydrogens is 258 g/mol. The largest absolute Gasteiger partial charge is 0.464 e. The first-order valence-corrected chi connectivity index (χ1v) is 7.11. The molecule has 0 aliphatic heterocycles. The Morgan fingerprint density at radius 2 is 2.00 bits per heavy atom. The van der Waals surface area contributed by atoms with Crippen molar-refractivity contribution >= 4 is 17.3 Å². The Balaban J connectivity index is 2.18. The first-order chi connectivity index (χ1) is 9.10. The Morgan fingerprint density at radius 1 is 1.32 bits per heavy atom. The number of rotatable bonds is 4. The molecular formula is C15H17NO2S. The Hall–Kier alpha value is -1.68. The zero-order chi connectivity index (χ0) is 13.8. The van der Waals surface area contributed by atoms with Gasteiger partial charge in [-0.05, 0) is 17.9 Å². The average Bonchev–Trinajstić information content (AvgIpc) is 2.87. The number of hydrogen-bond acceptors (Lipinski definition) is 4. The van der Waals surface area contributed by atoms with Crippen molar-refractivity contribution in [3.63, 3.8) is 0 Å². The molecule has 4 heteroatoms. The smallest absolute Gasteiger partial charge is 0.357 e. The highest BCUT2D eigenvalue weighted by Gasteiger charge is 2.11. The van der Waals surface area contributed by atoms with Gasteiger partial charge >= 0.3 is 5.97 Å². The lowest BCUT2D eigenvalue weighted by atomic mass is 10.0. The van der Waals surface area contributed by atoms with Gasteiger partial charge in [0.2, 0.25) is 0 Å². The maximum atomic E-state index is 11.4. The van der Waals surface area contributed by atoms with Crippen LogP contribution in [-0.4, -0.2) is 18.1 Å². The number of benzene rings is 1. The molecule has 0 unspecified atom stereocenters. The van der Waals surface area contributed by atoms with Crippen molar-refractivity contribution in [3.8, 4) is 10.6 Å². The van der Waals surface area contributed by atoms with Crippen LogP contribution < -0.4 is 0 Å². The van der Waals surface area contributed by atoms with Gasteiger partial charge in [0.25, 0.3) is 0 Å². The number of thiazole rings is 1. The number of aromatic nitrogens is 1. The van der Waals surface area contributed by atoms with Crippen LogP contribution in [0.5, 0.6) is 0 Å². The molecule has 0 spiro atoms. The van der Waals surface area contributed by atoms with E-state index in [1.807, 2.05) is 0 Å². The second-order valence-corrected chi connectivity index (χ2v) is 5.68. The molecule has 0 atom stereocenters. The van der Waals surface area contributed by atoms with Gasteiger partial charge in [-0.25, -0.2) is 9.78 Å².